The third kappa shape index (κ3) is 3.66. The molecule has 0 spiro atoms. The van der Waals surface area contributed by atoms with E-state index in [2.05, 4.69) is 0 Å². The van der Waals surface area contributed by atoms with Crippen LogP contribution in [0.2, 0.25) is 0 Å². The van der Waals surface area contributed by atoms with Crippen LogP contribution in [0.15, 0.2) is 0 Å². The predicted molar refractivity (Wildman–Crippen MR) is 33.6 cm³/mol. The van der Waals surface area contributed by atoms with E-state index in [1.54, 1.807) is 0 Å². The fraction of sp³-hybridized carbons (Fsp3) is 0.600. The van der Waals surface area contributed by atoms with Crippen LogP contribution in [0.25, 0.3) is 0 Å². The Morgan fingerprint density at radius 2 is 2.33 bits per heavy atom. The molecule has 0 fully saturated rings. The standard InChI is InChI=1S/C5H10N2O2/c1-3(6)2-4(7)5(8)9/h4,6H,2,7H2,1H3,(H,8,9). The Kier molecular flexibility index (Phi) is 2.87. The van der Waals surface area contributed by atoms with Gasteiger partial charge in [0.25, 0.3) is 0 Å². The van der Waals surface area contributed by atoms with Gasteiger partial charge in [0.05, 0.1) is 0 Å². The van der Waals surface area contributed by atoms with E-state index in [4.69, 9.17) is 16.2 Å². The summed E-state index contributed by atoms with van der Waals surface area (Å²) in [6.45, 7) is 1.53. The van der Waals surface area contributed by atoms with Crippen molar-refractivity contribution in [1.29, 1.82) is 5.41 Å². The summed E-state index contributed by atoms with van der Waals surface area (Å²) in [6.07, 6.45) is 0.134. The number of carboxylic acid groups (broad SMARTS) is 1. The normalized spacial score (nSPS) is 12.7. The first-order chi connectivity index (χ1) is 4.04. The summed E-state index contributed by atoms with van der Waals surface area (Å²) >= 11 is 0. The average Bonchev–Trinajstić information content (AvgIpc) is 1.63. The minimum Gasteiger partial charge on any atom is -0.480 e. The second-order valence-electron chi connectivity index (χ2n) is 1.93. The molecule has 1 atom stereocenters. The summed E-state index contributed by atoms with van der Waals surface area (Å²) in [6, 6.07) is -0.914. The Hall–Kier alpha value is -0.900. The van der Waals surface area contributed by atoms with Crippen molar-refractivity contribution in [1.82, 2.24) is 0 Å². The van der Waals surface area contributed by atoms with E-state index in [9.17, 15) is 4.79 Å². The molecule has 0 aromatic heterocycles. The van der Waals surface area contributed by atoms with E-state index in [-0.39, 0.29) is 6.42 Å². The van der Waals surface area contributed by atoms with Crippen molar-refractivity contribution in [2.45, 2.75) is 19.4 Å². The molecule has 4 nitrogen and oxygen atoms in total. The van der Waals surface area contributed by atoms with Crippen molar-refractivity contribution in [2.24, 2.45) is 5.73 Å². The zero-order valence-electron chi connectivity index (χ0n) is 5.22. The molecular formula is C5H10N2O2. The zero-order chi connectivity index (χ0) is 7.44. The quantitative estimate of drug-likeness (QED) is 0.463. The second-order valence-corrected chi connectivity index (χ2v) is 1.93. The van der Waals surface area contributed by atoms with Gasteiger partial charge in [-0.2, -0.15) is 0 Å². The Bertz CT molecular complexity index is 133. The summed E-state index contributed by atoms with van der Waals surface area (Å²) in [7, 11) is 0. The number of aliphatic carboxylic acids is 1. The lowest BCUT2D eigenvalue weighted by Gasteiger charge is -2.02. The van der Waals surface area contributed by atoms with Crippen molar-refractivity contribution in [2.75, 3.05) is 0 Å². The Labute approximate surface area is 53.2 Å². The maximum absolute atomic E-state index is 10.0. The van der Waals surface area contributed by atoms with Gasteiger partial charge in [0.1, 0.15) is 6.04 Å². The highest BCUT2D eigenvalue weighted by molar-refractivity contribution is 5.85. The highest BCUT2D eigenvalue weighted by atomic mass is 16.4. The maximum Gasteiger partial charge on any atom is 0.320 e. The SMILES string of the molecule is CC(=N)CC(N)C(=O)O. The molecule has 0 aromatic carbocycles. The lowest BCUT2D eigenvalue weighted by molar-refractivity contribution is -0.138. The van der Waals surface area contributed by atoms with Gasteiger partial charge >= 0.3 is 5.97 Å². The molecule has 4 N–H and O–H groups in total. The molecule has 1 unspecified atom stereocenters. The second kappa shape index (κ2) is 3.19. The van der Waals surface area contributed by atoms with Crippen LogP contribution >= 0.6 is 0 Å². The number of nitrogens with one attached hydrogen (secondary N) is 1. The van der Waals surface area contributed by atoms with Crippen LogP contribution in [0, 0.1) is 5.41 Å². The summed E-state index contributed by atoms with van der Waals surface area (Å²) in [5.41, 5.74) is 5.37. The number of carbonyl (C=O) groups is 1. The third-order valence-corrected chi connectivity index (χ3v) is 0.843. The molecular weight excluding hydrogens is 120 g/mol. The third-order valence-electron chi connectivity index (χ3n) is 0.843. The van der Waals surface area contributed by atoms with Gasteiger partial charge in [-0.15, -0.1) is 0 Å². The first-order valence-corrected chi connectivity index (χ1v) is 2.56. The zero-order valence-corrected chi connectivity index (χ0v) is 5.22. The van der Waals surface area contributed by atoms with Crippen LogP contribution in [-0.4, -0.2) is 22.8 Å². The van der Waals surface area contributed by atoms with Crippen LogP contribution in [0.1, 0.15) is 13.3 Å². The van der Waals surface area contributed by atoms with Crippen LogP contribution in [0.5, 0.6) is 0 Å². The van der Waals surface area contributed by atoms with Crippen molar-refractivity contribution < 1.29 is 9.90 Å². The number of hydrogen-bond acceptors (Lipinski definition) is 3. The largest absolute Gasteiger partial charge is 0.480 e. The smallest absolute Gasteiger partial charge is 0.320 e. The Balaban J connectivity index is 3.63. The topological polar surface area (TPSA) is 87.2 Å². The maximum atomic E-state index is 10.0. The fourth-order valence-corrected chi connectivity index (χ4v) is 0.417. The molecule has 0 rings (SSSR count). The minimum atomic E-state index is -1.05. The van der Waals surface area contributed by atoms with Crippen LogP contribution < -0.4 is 5.73 Å². The molecule has 52 valence electrons. The molecule has 0 saturated carbocycles. The van der Waals surface area contributed by atoms with Crippen molar-refractivity contribution in [3.8, 4) is 0 Å². The lowest BCUT2D eigenvalue weighted by atomic mass is 10.2. The van der Waals surface area contributed by atoms with Gasteiger partial charge in [0.2, 0.25) is 0 Å². The molecule has 9 heavy (non-hydrogen) atoms. The van der Waals surface area contributed by atoms with E-state index in [1.165, 1.54) is 6.92 Å². The van der Waals surface area contributed by atoms with Gasteiger partial charge in [0, 0.05) is 12.1 Å². The first-order valence-electron chi connectivity index (χ1n) is 2.56. The molecule has 4 heteroatoms. The molecule has 0 aromatic rings. The first kappa shape index (κ1) is 8.10. The highest BCUT2D eigenvalue weighted by Crippen LogP contribution is 1.88. The van der Waals surface area contributed by atoms with Gasteiger partial charge in [-0.1, -0.05) is 0 Å². The van der Waals surface area contributed by atoms with Gasteiger partial charge in [-0.05, 0) is 6.92 Å². The van der Waals surface area contributed by atoms with Gasteiger partial charge < -0.3 is 16.2 Å². The number of hydrogen-bond donors (Lipinski definition) is 3. The molecule has 0 bridgehead atoms. The molecule has 0 amide bonds. The van der Waals surface area contributed by atoms with E-state index in [0.717, 1.165) is 0 Å². The summed E-state index contributed by atoms with van der Waals surface area (Å²) in [4.78, 5) is 10.0. The minimum absolute atomic E-state index is 0.134. The van der Waals surface area contributed by atoms with Gasteiger partial charge in [-0.3, -0.25) is 4.79 Å². The molecule has 0 aliphatic heterocycles. The molecule has 0 radical (unpaired) electrons. The molecule has 0 aliphatic carbocycles. The van der Waals surface area contributed by atoms with Crippen LogP contribution in [0.3, 0.4) is 0 Å². The Morgan fingerprint density at radius 3 is 2.44 bits per heavy atom. The van der Waals surface area contributed by atoms with E-state index >= 15 is 0 Å². The van der Waals surface area contributed by atoms with Gasteiger partial charge in [-0.25, -0.2) is 0 Å². The predicted octanol–water partition coefficient (Wildman–Crippen LogP) is -0.172. The average molecular weight is 130 g/mol. The number of rotatable bonds is 3. The van der Waals surface area contributed by atoms with Crippen molar-refractivity contribution in [3.05, 3.63) is 0 Å². The lowest BCUT2D eigenvalue weighted by Crippen LogP contribution is -2.31. The van der Waals surface area contributed by atoms with Crippen molar-refractivity contribution in [3.63, 3.8) is 0 Å². The summed E-state index contributed by atoms with van der Waals surface area (Å²) < 4.78 is 0. The van der Waals surface area contributed by atoms with Crippen molar-refractivity contribution >= 4 is 11.7 Å². The summed E-state index contributed by atoms with van der Waals surface area (Å²) in [5.74, 6) is -1.05. The van der Waals surface area contributed by atoms with Crippen LogP contribution in [0.4, 0.5) is 0 Å². The molecule has 0 saturated heterocycles. The van der Waals surface area contributed by atoms with Crippen LogP contribution in [-0.2, 0) is 4.79 Å². The van der Waals surface area contributed by atoms with E-state index in [0.29, 0.717) is 5.71 Å². The number of nitrogens with two attached hydrogens (primary N) is 1. The fourth-order valence-electron chi connectivity index (χ4n) is 0.417. The Morgan fingerprint density at radius 1 is 1.89 bits per heavy atom. The van der Waals surface area contributed by atoms with E-state index < -0.39 is 12.0 Å². The number of carboxylic acids is 1. The highest BCUT2D eigenvalue weighted by Gasteiger charge is 2.10. The molecule has 0 heterocycles. The van der Waals surface area contributed by atoms with Gasteiger partial charge in [0.15, 0.2) is 0 Å². The van der Waals surface area contributed by atoms with E-state index in [1.807, 2.05) is 0 Å². The monoisotopic (exact) mass is 130 g/mol. The molecule has 0 aliphatic rings. The summed E-state index contributed by atoms with van der Waals surface area (Å²) in [5, 5.41) is 15.1.